The van der Waals surface area contributed by atoms with E-state index in [2.05, 4.69) is 12.1 Å². The molecule has 2 fully saturated rings. The minimum atomic E-state index is -0.491. The molecule has 0 N–H and O–H groups in total. The summed E-state index contributed by atoms with van der Waals surface area (Å²) in [5.41, 5.74) is 1.64. The Balaban J connectivity index is 1.73. The van der Waals surface area contributed by atoms with E-state index in [1.165, 1.54) is 0 Å². The average molecular weight is 340 g/mol. The van der Waals surface area contributed by atoms with Crippen LogP contribution in [0.25, 0.3) is 0 Å². The third-order valence-electron chi connectivity index (χ3n) is 5.46. The SMILES string of the molecule is CC(=O)N1C[C@@H](c2ccccc2)[C@@]2(CCN(c3ccsc3)C2=O)C1. The van der Waals surface area contributed by atoms with Gasteiger partial charge in [-0.2, -0.15) is 11.3 Å². The highest BCUT2D eigenvalue weighted by atomic mass is 32.1. The second-order valence-electron chi connectivity index (χ2n) is 6.71. The predicted molar refractivity (Wildman–Crippen MR) is 95.2 cm³/mol. The predicted octanol–water partition coefficient (Wildman–Crippen LogP) is 3.12. The second-order valence-corrected chi connectivity index (χ2v) is 7.49. The Bertz CT molecular complexity index is 759. The molecular formula is C19H20N2O2S. The van der Waals surface area contributed by atoms with E-state index in [0.717, 1.165) is 24.2 Å². The number of anilines is 1. The molecular weight excluding hydrogens is 320 g/mol. The maximum absolute atomic E-state index is 13.4. The normalized spacial score (nSPS) is 26.5. The number of thiophene rings is 1. The summed E-state index contributed by atoms with van der Waals surface area (Å²) in [5.74, 6) is 0.284. The van der Waals surface area contributed by atoms with Gasteiger partial charge in [0.1, 0.15) is 0 Å². The number of hydrogen-bond donors (Lipinski definition) is 0. The molecule has 0 unspecified atom stereocenters. The highest BCUT2D eigenvalue weighted by Gasteiger charge is 2.57. The number of carbonyl (C=O) groups is 2. The summed E-state index contributed by atoms with van der Waals surface area (Å²) in [7, 11) is 0. The van der Waals surface area contributed by atoms with Crippen LogP contribution < -0.4 is 4.90 Å². The van der Waals surface area contributed by atoms with Crippen molar-refractivity contribution in [1.29, 1.82) is 0 Å². The zero-order valence-electron chi connectivity index (χ0n) is 13.6. The van der Waals surface area contributed by atoms with Gasteiger partial charge in [0.15, 0.2) is 0 Å². The van der Waals surface area contributed by atoms with Crippen LogP contribution in [0.4, 0.5) is 5.69 Å². The lowest BCUT2D eigenvalue weighted by molar-refractivity contribution is -0.129. The van der Waals surface area contributed by atoms with Gasteiger partial charge in [-0.05, 0) is 23.4 Å². The molecule has 0 saturated carbocycles. The average Bonchev–Trinajstić information content (AvgIpc) is 3.30. The fourth-order valence-electron chi connectivity index (χ4n) is 4.18. The van der Waals surface area contributed by atoms with Gasteiger partial charge in [-0.25, -0.2) is 0 Å². The van der Waals surface area contributed by atoms with Gasteiger partial charge in [0.05, 0.1) is 11.1 Å². The molecule has 124 valence electrons. The van der Waals surface area contributed by atoms with E-state index in [1.807, 2.05) is 44.8 Å². The maximum atomic E-state index is 13.4. The van der Waals surface area contributed by atoms with Gasteiger partial charge >= 0.3 is 0 Å². The lowest BCUT2D eigenvalue weighted by Crippen LogP contribution is -2.40. The van der Waals surface area contributed by atoms with Gasteiger partial charge < -0.3 is 9.80 Å². The molecule has 4 nitrogen and oxygen atoms in total. The van der Waals surface area contributed by atoms with Gasteiger partial charge in [0.25, 0.3) is 0 Å². The Morgan fingerprint density at radius 2 is 2.04 bits per heavy atom. The first-order valence-corrected chi connectivity index (χ1v) is 9.21. The molecule has 5 heteroatoms. The summed E-state index contributed by atoms with van der Waals surface area (Å²) >= 11 is 1.60. The van der Waals surface area contributed by atoms with E-state index in [0.29, 0.717) is 13.1 Å². The smallest absolute Gasteiger partial charge is 0.235 e. The van der Waals surface area contributed by atoms with Gasteiger partial charge in [-0.1, -0.05) is 30.3 Å². The Morgan fingerprint density at radius 1 is 1.25 bits per heavy atom. The van der Waals surface area contributed by atoms with Crippen molar-refractivity contribution in [3.63, 3.8) is 0 Å². The highest BCUT2D eigenvalue weighted by Crippen LogP contribution is 2.50. The molecule has 2 aromatic rings. The third-order valence-corrected chi connectivity index (χ3v) is 6.13. The summed E-state index contributed by atoms with van der Waals surface area (Å²) in [6.45, 7) is 3.48. The Labute approximate surface area is 145 Å². The summed E-state index contributed by atoms with van der Waals surface area (Å²) in [4.78, 5) is 29.1. The first kappa shape index (κ1) is 15.4. The monoisotopic (exact) mass is 340 g/mol. The van der Waals surface area contributed by atoms with Crippen LogP contribution in [0.5, 0.6) is 0 Å². The zero-order chi connectivity index (χ0) is 16.7. The molecule has 2 saturated heterocycles. The third kappa shape index (κ3) is 2.26. The van der Waals surface area contributed by atoms with Crippen LogP contribution >= 0.6 is 11.3 Å². The number of carbonyl (C=O) groups excluding carboxylic acids is 2. The Hall–Kier alpha value is -2.14. The molecule has 1 spiro atoms. The van der Waals surface area contributed by atoms with E-state index in [4.69, 9.17) is 0 Å². The van der Waals surface area contributed by atoms with Crippen LogP contribution in [0.15, 0.2) is 47.2 Å². The molecule has 0 radical (unpaired) electrons. The van der Waals surface area contributed by atoms with Crippen molar-refractivity contribution >= 4 is 28.8 Å². The molecule has 2 aliphatic rings. The summed E-state index contributed by atoms with van der Waals surface area (Å²) in [6.07, 6.45) is 0.797. The second kappa shape index (κ2) is 5.74. The summed E-state index contributed by atoms with van der Waals surface area (Å²) in [5, 5.41) is 4.02. The highest BCUT2D eigenvalue weighted by molar-refractivity contribution is 7.08. The van der Waals surface area contributed by atoms with Crippen LogP contribution in [-0.4, -0.2) is 36.3 Å². The van der Waals surface area contributed by atoms with E-state index in [1.54, 1.807) is 18.3 Å². The molecule has 0 bridgehead atoms. The summed E-state index contributed by atoms with van der Waals surface area (Å²) < 4.78 is 0. The zero-order valence-corrected chi connectivity index (χ0v) is 14.5. The van der Waals surface area contributed by atoms with E-state index in [9.17, 15) is 9.59 Å². The lowest BCUT2D eigenvalue weighted by atomic mass is 9.73. The molecule has 24 heavy (non-hydrogen) atoms. The first-order valence-electron chi connectivity index (χ1n) is 8.26. The van der Waals surface area contributed by atoms with E-state index >= 15 is 0 Å². The number of rotatable bonds is 2. The van der Waals surface area contributed by atoms with Crippen LogP contribution in [-0.2, 0) is 9.59 Å². The van der Waals surface area contributed by atoms with Crippen molar-refractivity contribution < 1.29 is 9.59 Å². The van der Waals surface area contributed by atoms with Gasteiger partial charge in [-0.3, -0.25) is 9.59 Å². The van der Waals surface area contributed by atoms with Crippen molar-refractivity contribution in [1.82, 2.24) is 4.90 Å². The fraction of sp³-hybridized carbons (Fsp3) is 0.368. The number of amides is 2. The molecule has 4 rings (SSSR count). The fourth-order valence-corrected chi connectivity index (χ4v) is 4.82. The minimum Gasteiger partial charge on any atom is -0.341 e. The molecule has 2 amide bonds. The molecule has 2 atom stereocenters. The molecule has 0 aliphatic carbocycles. The van der Waals surface area contributed by atoms with Gasteiger partial charge in [0, 0.05) is 37.9 Å². The topological polar surface area (TPSA) is 40.6 Å². The quantitative estimate of drug-likeness (QED) is 0.843. The van der Waals surface area contributed by atoms with Crippen molar-refractivity contribution in [3.8, 4) is 0 Å². The number of likely N-dealkylation sites (tertiary alicyclic amines) is 1. The van der Waals surface area contributed by atoms with Gasteiger partial charge in [0.2, 0.25) is 11.8 Å². The van der Waals surface area contributed by atoms with Crippen molar-refractivity contribution in [3.05, 3.63) is 52.7 Å². The Morgan fingerprint density at radius 3 is 2.71 bits per heavy atom. The van der Waals surface area contributed by atoms with Crippen LogP contribution in [0, 0.1) is 5.41 Å². The molecule has 1 aromatic heterocycles. The molecule has 2 aliphatic heterocycles. The van der Waals surface area contributed by atoms with Crippen LogP contribution in [0.1, 0.15) is 24.8 Å². The van der Waals surface area contributed by atoms with Crippen LogP contribution in [0.3, 0.4) is 0 Å². The van der Waals surface area contributed by atoms with E-state index < -0.39 is 5.41 Å². The van der Waals surface area contributed by atoms with Gasteiger partial charge in [-0.15, -0.1) is 0 Å². The minimum absolute atomic E-state index is 0.0505. The molecule has 3 heterocycles. The van der Waals surface area contributed by atoms with Crippen molar-refractivity contribution in [2.45, 2.75) is 19.3 Å². The molecule has 1 aromatic carbocycles. The number of benzene rings is 1. The first-order chi connectivity index (χ1) is 11.6. The van der Waals surface area contributed by atoms with Crippen molar-refractivity contribution in [2.75, 3.05) is 24.5 Å². The largest absolute Gasteiger partial charge is 0.341 e. The Kier molecular flexibility index (Phi) is 3.68. The lowest BCUT2D eigenvalue weighted by Gasteiger charge is -2.28. The van der Waals surface area contributed by atoms with Crippen molar-refractivity contribution in [2.24, 2.45) is 5.41 Å². The number of nitrogens with zero attached hydrogens (tertiary/aromatic N) is 2. The maximum Gasteiger partial charge on any atom is 0.235 e. The standard InChI is InChI=1S/C19H20N2O2S/c1-14(22)20-11-17(15-5-3-2-4-6-15)19(13-20)8-9-21(18(19)23)16-7-10-24-12-16/h2-7,10,12,17H,8-9,11,13H2,1H3/t17-,19+/m0/s1. The van der Waals surface area contributed by atoms with E-state index in [-0.39, 0.29) is 17.7 Å². The summed E-state index contributed by atoms with van der Waals surface area (Å²) in [6, 6.07) is 12.2. The van der Waals surface area contributed by atoms with Crippen LogP contribution in [0.2, 0.25) is 0 Å². The number of hydrogen-bond acceptors (Lipinski definition) is 3.